The summed E-state index contributed by atoms with van der Waals surface area (Å²) in [6.45, 7) is 6.07. The molecule has 1 unspecified atom stereocenters. The van der Waals surface area contributed by atoms with Gasteiger partial charge in [0.2, 0.25) is 5.91 Å². The molecule has 0 aromatic heterocycles. The minimum Gasteiger partial charge on any atom is -0.356 e. The molecule has 1 atom stereocenters. The van der Waals surface area contributed by atoms with E-state index in [1.165, 1.54) is 0 Å². The van der Waals surface area contributed by atoms with Gasteiger partial charge in [-0.1, -0.05) is 13.8 Å². The van der Waals surface area contributed by atoms with Crippen LogP contribution in [0.4, 0.5) is 0 Å². The average molecular weight is 309 g/mol. The Balaban J connectivity index is 3.85. The van der Waals surface area contributed by atoms with E-state index in [1.54, 1.807) is 0 Å². The molecule has 0 saturated heterocycles. The highest BCUT2D eigenvalue weighted by Gasteiger charge is 2.16. The zero-order valence-electron chi connectivity index (χ0n) is 13.1. The maximum absolute atomic E-state index is 11.6. The van der Waals surface area contributed by atoms with Gasteiger partial charge in [0, 0.05) is 25.3 Å². The van der Waals surface area contributed by atoms with Crippen molar-refractivity contribution in [1.29, 1.82) is 0 Å². The molecule has 0 saturated carbocycles. The fraction of sp³-hybridized carbons (Fsp3) is 0.923. The highest BCUT2D eigenvalue weighted by atomic mass is 32.2. The second-order valence-electron chi connectivity index (χ2n) is 5.98. The van der Waals surface area contributed by atoms with Gasteiger partial charge < -0.3 is 9.80 Å². The van der Waals surface area contributed by atoms with E-state index >= 15 is 0 Å². The van der Waals surface area contributed by atoms with Gasteiger partial charge in [-0.3, -0.25) is 9.35 Å². The summed E-state index contributed by atoms with van der Waals surface area (Å²) >= 11 is 0. The zero-order valence-corrected chi connectivity index (χ0v) is 13.9. The summed E-state index contributed by atoms with van der Waals surface area (Å²) in [6, 6.07) is 0. The summed E-state index contributed by atoms with van der Waals surface area (Å²) in [5.41, 5.74) is 0. The zero-order chi connectivity index (χ0) is 15.8. The Hall–Kier alpha value is -0.660. The second kappa shape index (κ2) is 8.59. The third kappa shape index (κ3) is 10.2. The molecule has 6 nitrogen and oxygen atoms in total. The normalized spacial score (nSPS) is 14.1. The molecule has 120 valence electrons. The van der Waals surface area contributed by atoms with Crippen LogP contribution in [0.5, 0.6) is 0 Å². The van der Waals surface area contributed by atoms with E-state index in [2.05, 4.69) is 5.32 Å². The molecule has 0 aromatic carbocycles. The molecule has 1 amide bonds. The Morgan fingerprint density at radius 1 is 1.25 bits per heavy atom. The number of quaternary nitrogens is 1. The first kappa shape index (κ1) is 19.3. The maximum Gasteiger partial charge on any atom is 0.265 e. The molecule has 0 heterocycles. The summed E-state index contributed by atoms with van der Waals surface area (Å²) in [5.74, 6) is -0.0594. The summed E-state index contributed by atoms with van der Waals surface area (Å²) in [7, 11) is 0.166. The average Bonchev–Trinajstić information content (AvgIpc) is 2.31. The van der Waals surface area contributed by atoms with Crippen molar-refractivity contribution in [3.05, 3.63) is 0 Å². The minimum absolute atomic E-state index is 0.0484. The predicted octanol–water partition coefficient (Wildman–Crippen LogP) is 0.893. The first-order valence-corrected chi connectivity index (χ1v) is 8.73. The highest BCUT2D eigenvalue weighted by Crippen LogP contribution is 2.03. The maximum atomic E-state index is 11.6. The fourth-order valence-corrected chi connectivity index (χ4v) is 2.36. The molecule has 0 rings (SSSR count). The van der Waals surface area contributed by atoms with E-state index in [-0.39, 0.29) is 17.6 Å². The van der Waals surface area contributed by atoms with E-state index in [4.69, 9.17) is 4.55 Å². The first-order chi connectivity index (χ1) is 9.07. The van der Waals surface area contributed by atoms with Crippen molar-refractivity contribution in [2.75, 3.05) is 39.5 Å². The van der Waals surface area contributed by atoms with E-state index < -0.39 is 10.1 Å². The monoisotopic (exact) mass is 309 g/mol. The van der Waals surface area contributed by atoms with Crippen molar-refractivity contribution in [3.63, 3.8) is 0 Å². The molecule has 0 aliphatic carbocycles. The van der Waals surface area contributed by atoms with Crippen molar-refractivity contribution in [1.82, 2.24) is 5.32 Å². The smallest absolute Gasteiger partial charge is 0.265 e. The molecule has 0 spiro atoms. The van der Waals surface area contributed by atoms with Crippen molar-refractivity contribution >= 4 is 16.0 Å². The van der Waals surface area contributed by atoms with Crippen LogP contribution in [0.25, 0.3) is 0 Å². The molecule has 0 radical (unpaired) electrons. The standard InChI is InChI=1S/C13H28N2O4S/c1-5-12(2)13(16)14-8-6-9-15(3,4)10-7-11-20(17,18)19/h12H,5-11H2,1-4H3,(H-,14,16,17,18,19)/p+1. The molecule has 0 fully saturated rings. The van der Waals surface area contributed by atoms with Gasteiger partial charge in [-0.15, -0.1) is 0 Å². The minimum atomic E-state index is -3.86. The van der Waals surface area contributed by atoms with E-state index in [9.17, 15) is 13.2 Å². The molecule has 7 heteroatoms. The van der Waals surface area contributed by atoms with Crippen LogP contribution in [0, 0.1) is 5.92 Å². The third-order valence-electron chi connectivity index (χ3n) is 3.47. The lowest BCUT2D eigenvalue weighted by atomic mass is 10.1. The molecule has 0 bridgehead atoms. The SMILES string of the molecule is CCC(C)C(=O)NCCC[N+](C)(C)CCCS(=O)(=O)O. The van der Waals surface area contributed by atoms with Crippen molar-refractivity contribution < 1.29 is 22.2 Å². The topological polar surface area (TPSA) is 83.5 Å². The number of carbonyl (C=O) groups excluding carboxylic acids is 1. The van der Waals surface area contributed by atoms with Gasteiger partial charge in [-0.05, 0) is 6.42 Å². The number of carbonyl (C=O) groups is 1. The second-order valence-corrected chi connectivity index (χ2v) is 7.55. The number of amides is 1. The van der Waals surface area contributed by atoms with Crippen LogP contribution in [0.1, 0.15) is 33.1 Å². The van der Waals surface area contributed by atoms with Crippen molar-refractivity contribution in [2.45, 2.75) is 33.1 Å². The number of nitrogens with zero attached hydrogens (tertiary/aromatic N) is 1. The van der Waals surface area contributed by atoms with Crippen LogP contribution in [0.3, 0.4) is 0 Å². The molecular weight excluding hydrogens is 280 g/mol. The highest BCUT2D eigenvalue weighted by molar-refractivity contribution is 7.85. The molecule has 20 heavy (non-hydrogen) atoms. The van der Waals surface area contributed by atoms with Crippen LogP contribution in [0.2, 0.25) is 0 Å². The Morgan fingerprint density at radius 3 is 2.30 bits per heavy atom. The Morgan fingerprint density at radius 2 is 1.80 bits per heavy atom. The van der Waals surface area contributed by atoms with Crippen molar-refractivity contribution in [3.8, 4) is 0 Å². The van der Waals surface area contributed by atoms with Crippen LogP contribution in [-0.4, -0.2) is 62.8 Å². The largest absolute Gasteiger partial charge is 0.356 e. The summed E-state index contributed by atoms with van der Waals surface area (Å²) < 4.78 is 30.6. The first-order valence-electron chi connectivity index (χ1n) is 7.12. The molecule has 2 N–H and O–H groups in total. The Bertz CT molecular complexity index is 393. The molecular formula is C13H29N2O4S+. The molecule has 0 aromatic rings. The van der Waals surface area contributed by atoms with Crippen LogP contribution >= 0.6 is 0 Å². The van der Waals surface area contributed by atoms with Crippen LogP contribution in [0.15, 0.2) is 0 Å². The quantitative estimate of drug-likeness (QED) is 0.357. The van der Waals surface area contributed by atoms with Gasteiger partial charge in [0.05, 0.1) is 32.9 Å². The van der Waals surface area contributed by atoms with Gasteiger partial charge in [0.15, 0.2) is 0 Å². The van der Waals surface area contributed by atoms with Crippen molar-refractivity contribution in [2.24, 2.45) is 5.92 Å². The number of rotatable bonds is 10. The molecule has 0 aliphatic rings. The summed E-state index contributed by atoms with van der Waals surface area (Å²) in [6.07, 6.45) is 2.12. The van der Waals surface area contributed by atoms with Crippen LogP contribution < -0.4 is 5.32 Å². The van der Waals surface area contributed by atoms with Gasteiger partial charge >= 0.3 is 0 Å². The van der Waals surface area contributed by atoms with Crippen LogP contribution in [-0.2, 0) is 14.9 Å². The molecule has 0 aliphatic heterocycles. The number of nitrogens with one attached hydrogen (secondary N) is 1. The lowest BCUT2D eigenvalue weighted by molar-refractivity contribution is -0.890. The summed E-state index contributed by atoms with van der Waals surface area (Å²) in [4.78, 5) is 11.6. The third-order valence-corrected chi connectivity index (χ3v) is 4.27. The Kier molecular flexibility index (Phi) is 8.30. The van der Waals surface area contributed by atoms with E-state index in [1.807, 2.05) is 27.9 Å². The number of hydrogen-bond acceptors (Lipinski definition) is 3. The Labute approximate surface area is 122 Å². The predicted molar refractivity (Wildman–Crippen MR) is 80.0 cm³/mol. The summed E-state index contributed by atoms with van der Waals surface area (Å²) in [5, 5.41) is 2.90. The van der Waals surface area contributed by atoms with Gasteiger partial charge in [0.25, 0.3) is 10.1 Å². The van der Waals surface area contributed by atoms with E-state index in [0.29, 0.717) is 24.0 Å². The lowest BCUT2D eigenvalue weighted by Crippen LogP contribution is -2.43. The number of hydrogen-bond donors (Lipinski definition) is 2. The van der Waals surface area contributed by atoms with Gasteiger partial charge in [0.1, 0.15) is 0 Å². The van der Waals surface area contributed by atoms with Gasteiger partial charge in [-0.25, -0.2) is 0 Å². The van der Waals surface area contributed by atoms with E-state index in [0.717, 1.165) is 19.4 Å². The lowest BCUT2D eigenvalue weighted by Gasteiger charge is -2.29. The fourth-order valence-electron chi connectivity index (χ4n) is 1.87. The van der Waals surface area contributed by atoms with Gasteiger partial charge in [-0.2, -0.15) is 8.42 Å².